The van der Waals surface area contributed by atoms with Gasteiger partial charge >= 0.3 is 6.03 Å². The molecule has 0 saturated carbocycles. The summed E-state index contributed by atoms with van der Waals surface area (Å²) in [6, 6.07) is 16.9. The summed E-state index contributed by atoms with van der Waals surface area (Å²) in [4.78, 5) is 16.7. The average molecular weight is 337 g/mol. The van der Waals surface area contributed by atoms with Crippen molar-refractivity contribution in [2.75, 3.05) is 26.2 Å². The van der Waals surface area contributed by atoms with E-state index >= 15 is 0 Å². The molecule has 0 aliphatic carbocycles. The molecule has 1 saturated heterocycles. The molecule has 25 heavy (non-hydrogen) atoms. The van der Waals surface area contributed by atoms with Crippen LogP contribution < -0.4 is 5.32 Å². The third-order valence-corrected chi connectivity index (χ3v) is 4.84. The monoisotopic (exact) mass is 337 g/mol. The van der Waals surface area contributed by atoms with Crippen LogP contribution >= 0.6 is 0 Å². The number of rotatable bonds is 4. The molecule has 4 nitrogen and oxygen atoms in total. The number of aryl methyl sites for hydroxylation is 2. The summed E-state index contributed by atoms with van der Waals surface area (Å²) in [5, 5.41) is 3.06. The van der Waals surface area contributed by atoms with E-state index in [4.69, 9.17) is 0 Å². The van der Waals surface area contributed by atoms with Crippen molar-refractivity contribution >= 4 is 6.03 Å². The Balaban J connectivity index is 1.45. The molecule has 3 rings (SSSR count). The normalized spacial score (nSPS) is 15.2. The predicted octanol–water partition coefficient (Wildman–Crippen LogP) is 3.33. The first-order valence-corrected chi connectivity index (χ1v) is 8.97. The van der Waals surface area contributed by atoms with Crippen LogP contribution in [-0.4, -0.2) is 42.0 Å². The van der Waals surface area contributed by atoms with E-state index in [1.807, 2.05) is 11.0 Å². The number of amides is 2. The summed E-state index contributed by atoms with van der Waals surface area (Å²) in [6.45, 7) is 9.14. The van der Waals surface area contributed by atoms with Crippen LogP contribution in [0.25, 0.3) is 0 Å². The molecule has 1 N–H and O–H groups in total. The van der Waals surface area contributed by atoms with Gasteiger partial charge in [-0.2, -0.15) is 0 Å². The van der Waals surface area contributed by atoms with Crippen molar-refractivity contribution in [3.8, 4) is 0 Å². The van der Waals surface area contributed by atoms with Gasteiger partial charge in [0.15, 0.2) is 0 Å². The van der Waals surface area contributed by atoms with Crippen LogP contribution in [0.5, 0.6) is 0 Å². The first-order valence-electron chi connectivity index (χ1n) is 8.97. The number of piperazine rings is 1. The molecule has 1 aliphatic rings. The largest absolute Gasteiger partial charge is 0.334 e. The molecule has 0 unspecified atom stereocenters. The molecule has 0 bridgehead atoms. The van der Waals surface area contributed by atoms with Crippen LogP contribution in [-0.2, 0) is 13.1 Å². The number of nitrogens with one attached hydrogen (secondary N) is 1. The van der Waals surface area contributed by atoms with Crippen LogP contribution in [0.1, 0.15) is 22.3 Å². The second kappa shape index (κ2) is 8.17. The van der Waals surface area contributed by atoms with Crippen LogP contribution in [0.2, 0.25) is 0 Å². The maximum absolute atomic E-state index is 12.4. The van der Waals surface area contributed by atoms with E-state index in [-0.39, 0.29) is 6.03 Å². The minimum atomic E-state index is 0.0411. The molecule has 2 aromatic rings. The molecule has 2 amide bonds. The summed E-state index contributed by atoms with van der Waals surface area (Å²) < 4.78 is 0. The van der Waals surface area contributed by atoms with Crippen molar-refractivity contribution in [1.82, 2.24) is 15.1 Å². The SMILES string of the molecule is Cc1ccc(CNC(=O)N2CCN(Cc3ccccc3)CC2)c(C)c1. The number of urea groups is 1. The number of carbonyl (C=O) groups is 1. The van der Waals surface area contributed by atoms with Gasteiger partial charge < -0.3 is 10.2 Å². The van der Waals surface area contributed by atoms with Gasteiger partial charge in [-0.1, -0.05) is 54.1 Å². The summed E-state index contributed by atoms with van der Waals surface area (Å²) in [7, 11) is 0. The lowest BCUT2D eigenvalue weighted by Crippen LogP contribution is -2.51. The topological polar surface area (TPSA) is 35.6 Å². The lowest BCUT2D eigenvalue weighted by molar-refractivity contribution is 0.135. The summed E-state index contributed by atoms with van der Waals surface area (Å²) in [5.74, 6) is 0. The highest BCUT2D eigenvalue weighted by molar-refractivity contribution is 5.74. The van der Waals surface area contributed by atoms with Gasteiger partial charge in [-0.15, -0.1) is 0 Å². The molecule has 0 radical (unpaired) electrons. The minimum Gasteiger partial charge on any atom is -0.334 e. The van der Waals surface area contributed by atoms with E-state index in [1.165, 1.54) is 22.3 Å². The van der Waals surface area contributed by atoms with E-state index in [2.05, 4.69) is 66.5 Å². The molecule has 132 valence electrons. The number of carbonyl (C=O) groups excluding carboxylic acids is 1. The Hall–Kier alpha value is -2.33. The quantitative estimate of drug-likeness (QED) is 0.929. The number of hydrogen-bond acceptors (Lipinski definition) is 2. The molecule has 2 aromatic carbocycles. The van der Waals surface area contributed by atoms with Gasteiger partial charge in [-0.05, 0) is 30.5 Å². The zero-order valence-electron chi connectivity index (χ0n) is 15.2. The smallest absolute Gasteiger partial charge is 0.317 e. The standard InChI is InChI=1S/C21H27N3O/c1-17-8-9-20(18(2)14-17)15-22-21(25)24-12-10-23(11-13-24)16-19-6-4-3-5-7-19/h3-9,14H,10-13,15-16H2,1-2H3,(H,22,25). The maximum atomic E-state index is 12.4. The van der Waals surface area contributed by atoms with Crippen molar-refractivity contribution in [2.45, 2.75) is 26.9 Å². The number of benzene rings is 2. The van der Waals surface area contributed by atoms with Gasteiger partial charge in [-0.3, -0.25) is 4.90 Å². The Morgan fingerprint density at radius 3 is 2.40 bits per heavy atom. The lowest BCUT2D eigenvalue weighted by Gasteiger charge is -2.34. The Bertz CT molecular complexity index is 706. The summed E-state index contributed by atoms with van der Waals surface area (Å²) in [6.07, 6.45) is 0. The third kappa shape index (κ3) is 4.83. The van der Waals surface area contributed by atoms with Crippen molar-refractivity contribution in [1.29, 1.82) is 0 Å². The van der Waals surface area contributed by atoms with E-state index in [0.717, 1.165) is 32.7 Å². The van der Waals surface area contributed by atoms with E-state index in [1.54, 1.807) is 0 Å². The van der Waals surface area contributed by atoms with E-state index in [9.17, 15) is 4.79 Å². The first kappa shape index (κ1) is 17.5. The fraction of sp³-hybridized carbons (Fsp3) is 0.381. The Morgan fingerprint density at radius 1 is 1.00 bits per heavy atom. The Morgan fingerprint density at radius 2 is 1.72 bits per heavy atom. The van der Waals surface area contributed by atoms with Crippen LogP contribution in [0.3, 0.4) is 0 Å². The van der Waals surface area contributed by atoms with Crippen LogP contribution in [0, 0.1) is 13.8 Å². The third-order valence-electron chi connectivity index (χ3n) is 4.84. The van der Waals surface area contributed by atoms with E-state index in [0.29, 0.717) is 6.54 Å². The van der Waals surface area contributed by atoms with Gasteiger partial charge in [0, 0.05) is 39.3 Å². The average Bonchev–Trinajstić information content (AvgIpc) is 2.62. The number of nitrogens with zero attached hydrogens (tertiary/aromatic N) is 2. The second-order valence-corrected chi connectivity index (χ2v) is 6.84. The minimum absolute atomic E-state index is 0.0411. The molecular weight excluding hydrogens is 310 g/mol. The number of hydrogen-bond donors (Lipinski definition) is 1. The molecule has 1 aliphatic heterocycles. The first-order chi connectivity index (χ1) is 12.1. The Labute approximate surface area is 150 Å². The molecule has 1 heterocycles. The zero-order chi connectivity index (χ0) is 17.6. The predicted molar refractivity (Wildman–Crippen MR) is 101 cm³/mol. The Kier molecular flexibility index (Phi) is 5.71. The summed E-state index contributed by atoms with van der Waals surface area (Å²) >= 11 is 0. The molecular formula is C21H27N3O. The molecule has 0 spiro atoms. The fourth-order valence-electron chi connectivity index (χ4n) is 3.28. The lowest BCUT2D eigenvalue weighted by atomic mass is 10.1. The van der Waals surface area contributed by atoms with Gasteiger partial charge in [0.05, 0.1) is 0 Å². The highest BCUT2D eigenvalue weighted by atomic mass is 16.2. The second-order valence-electron chi connectivity index (χ2n) is 6.84. The van der Waals surface area contributed by atoms with Crippen molar-refractivity contribution in [2.24, 2.45) is 0 Å². The zero-order valence-corrected chi connectivity index (χ0v) is 15.2. The molecule has 4 heteroatoms. The fourth-order valence-corrected chi connectivity index (χ4v) is 3.28. The van der Waals surface area contributed by atoms with Crippen molar-refractivity contribution in [3.63, 3.8) is 0 Å². The van der Waals surface area contributed by atoms with Gasteiger partial charge in [0.25, 0.3) is 0 Å². The maximum Gasteiger partial charge on any atom is 0.317 e. The van der Waals surface area contributed by atoms with E-state index < -0.39 is 0 Å². The van der Waals surface area contributed by atoms with Gasteiger partial charge in [0.1, 0.15) is 0 Å². The molecule has 0 aromatic heterocycles. The van der Waals surface area contributed by atoms with Crippen molar-refractivity contribution in [3.05, 3.63) is 70.8 Å². The van der Waals surface area contributed by atoms with Gasteiger partial charge in [0.2, 0.25) is 0 Å². The van der Waals surface area contributed by atoms with Crippen molar-refractivity contribution < 1.29 is 4.79 Å². The molecule has 1 fully saturated rings. The summed E-state index contributed by atoms with van der Waals surface area (Å²) in [5.41, 5.74) is 4.99. The highest BCUT2D eigenvalue weighted by Gasteiger charge is 2.20. The molecule has 0 atom stereocenters. The van der Waals surface area contributed by atoms with Crippen LogP contribution in [0.15, 0.2) is 48.5 Å². The van der Waals surface area contributed by atoms with Gasteiger partial charge in [-0.25, -0.2) is 4.79 Å². The van der Waals surface area contributed by atoms with Crippen LogP contribution in [0.4, 0.5) is 4.79 Å². The highest BCUT2D eigenvalue weighted by Crippen LogP contribution is 2.11.